The highest BCUT2D eigenvalue weighted by atomic mass is 35.5. The molecule has 4 rings (SSSR count). The van der Waals surface area contributed by atoms with Gasteiger partial charge in [0, 0.05) is 12.1 Å². The Balaban J connectivity index is 1.73. The van der Waals surface area contributed by atoms with Gasteiger partial charge in [-0.2, -0.15) is 0 Å². The third-order valence-electron chi connectivity index (χ3n) is 4.92. The third-order valence-corrected chi connectivity index (χ3v) is 5.52. The molecule has 1 aromatic heterocycles. The van der Waals surface area contributed by atoms with E-state index in [1.54, 1.807) is 55.1 Å². The summed E-state index contributed by atoms with van der Waals surface area (Å²) in [5, 5.41) is 2.99. The van der Waals surface area contributed by atoms with Gasteiger partial charge in [-0.05, 0) is 43.3 Å². The first-order chi connectivity index (χ1) is 14.3. The van der Waals surface area contributed by atoms with Crippen molar-refractivity contribution in [2.24, 2.45) is 7.05 Å². The number of benzene rings is 2. The molecule has 0 unspecified atom stereocenters. The molecule has 1 N–H and O–H groups in total. The van der Waals surface area contributed by atoms with Crippen LogP contribution in [-0.4, -0.2) is 21.2 Å². The van der Waals surface area contributed by atoms with Gasteiger partial charge >= 0.3 is 0 Å². The second-order valence-corrected chi connectivity index (χ2v) is 7.49. The Labute approximate surface area is 181 Å². The molecule has 7 nitrogen and oxygen atoms in total. The Hall–Kier alpha value is -3.29. The van der Waals surface area contributed by atoms with E-state index in [0.29, 0.717) is 22.1 Å². The summed E-state index contributed by atoms with van der Waals surface area (Å²) < 4.78 is 3.12. The molecular weight excluding hydrogens is 427 g/mol. The van der Waals surface area contributed by atoms with Crippen LogP contribution in [0, 0.1) is 6.92 Å². The van der Waals surface area contributed by atoms with Crippen molar-refractivity contribution in [3.8, 4) is 5.69 Å². The lowest BCUT2D eigenvalue weighted by Gasteiger charge is -2.14. The van der Waals surface area contributed by atoms with Crippen LogP contribution < -0.4 is 15.8 Å². The highest BCUT2D eigenvalue weighted by molar-refractivity contribution is 6.53. The summed E-state index contributed by atoms with van der Waals surface area (Å²) in [6, 6.07) is 15.3. The molecule has 1 aliphatic rings. The molecule has 0 aliphatic carbocycles. The van der Waals surface area contributed by atoms with Crippen molar-refractivity contribution in [2.75, 3.05) is 10.2 Å². The van der Waals surface area contributed by atoms with Crippen LogP contribution in [0.1, 0.15) is 5.69 Å². The van der Waals surface area contributed by atoms with Gasteiger partial charge in [0.05, 0.1) is 17.1 Å². The maximum absolute atomic E-state index is 13.1. The number of rotatable bonds is 4. The highest BCUT2D eigenvalue weighted by Gasteiger charge is 2.39. The molecule has 1 aliphatic heterocycles. The Morgan fingerprint density at radius 3 is 2.10 bits per heavy atom. The van der Waals surface area contributed by atoms with Gasteiger partial charge in [-0.1, -0.05) is 41.4 Å². The fraction of sp³-hybridized carbons (Fsp3) is 0.0952. The summed E-state index contributed by atoms with van der Waals surface area (Å²) in [4.78, 5) is 39.6. The van der Waals surface area contributed by atoms with Crippen molar-refractivity contribution in [3.63, 3.8) is 0 Å². The van der Waals surface area contributed by atoms with E-state index in [1.165, 1.54) is 4.68 Å². The van der Waals surface area contributed by atoms with Gasteiger partial charge in [0.15, 0.2) is 0 Å². The first kappa shape index (κ1) is 20.0. The zero-order valence-electron chi connectivity index (χ0n) is 16.0. The number of halogens is 2. The summed E-state index contributed by atoms with van der Waals surface area (Å²) >= 11 is 12.1. The van der Waals surface area contributed by atoms with Gasteiger partial charge in [0.25, 0.3) is 17.4 Å². The highest BCUT2D eigenvalue weighted by Crippen LogP contribution is 2.31. The Kier molecular flexibility index (Phi) is 5.01. The molecule has 0 saturated carbocycles. The Morgan fingerprint density at radius 2 is 1.47 bits per heavy atom. The maximum atomic E-state index is 13.1. The number of amides is 2. The number of nitrogens with one attached hydrogen (secondary N) is 1. The molecule has 0 fully saturated rings. The SMILES string of the molecule is Cc1c(NC2=C(Cl)C(=O)N(c3ccc(Cl)cc3)C2=O)c(=O)n(-c2ccccc2)n1C. The van der Waals surface area contributed by atoms with E-state index < -0.39 is 11.8 Å². The molecule has 0 spiro atoms. The molecule has 30 heavy (non-hydrogen) atoms. The van der Waals surface area contributed by atoms with Crippen molar-refractivity contribution in [3.05, 3.63) is 86.4 Å². The number of anilines is 2. The van der Waals surface area contributed by atoms with E-state index >= 15 is 0 Å². The number of nitrogens with zero attached hydrogens (tertiary/aromatic N) is 3. The predicted octanol–water partition coefficient (Wildman–Crippen LogP) is 3.57. The molecule has 2 heterocycles. The van der Waals surface area contributed by atoms with Crippen LogP contribution in [-0.2, 0) is 16.6 Å². The minimum Gasteiger partial charge on any atom is -0.344 e. The van der Waals surface area contributed by atoms with Gasteiger partial charge in [0.1, 0.15) is 16.4 Å². The number of carbonyl (C=O) groups is 2. The number of hydrogen-bond acceptors (Lipinski definition) is 4. The van der Waals surface area contributed by atoms with Crippen LogP contribution in [0.5, 0.6) is 0 Å². The fourth-order valence-corrected chi connectivity index (χ4v) is 3.61. The summed E-state index contributed by atoms with van der Waals surface area (Å²) in [6.07, 6.45) is 0. The van der Waals surface area contributed by atoms with Crippen LogP contribution >= 0.6 is 23.2 Å². The first-order valence-corrected chi connectivity index (χ1v) is 9.72. The average molecular weight is 443 g/mol. The number of carbonyl (C=O) groups excluding carboxylic acids is 2. The van der Waals surface area contributed by atoms with Gasteiger partial charge < -0.3 is 5.32 Å². The largest absolute Gasteiger partial charge is 0.344 e. The maximum Gasteiger partial charge on any atom is 0.295 e. The van der Waals surface area contributed by atoms with Gasteiger partial charge in [-0.25, -0.2) is 9.58 Å². The standard InChI is InChI=1S/C21H16Cl2N4O3/c1-12-17(21(30)27(25(12)2)15-6-4-3-5-7-15)24-18-16(23)19(28)26(20(18)29)14-10-8-13(22)9-11-14/h3-11,24H,1-2H3. The Bertz CT molecular complexity index is 1260. The number of aromatic nitrogens is 2. The minimum atomic E-state index is -0.677. The normalized spacial score (nSPS) is 14.1. The lowest BCUT2D eigenvalue weighted by Crippen LogP contribution is -2.32. The van der Waals surface area contributed by atoms with Crippen LogP contribution in [0.15, 0.2) is 70.1 Å². The van der Waals surface area contributed by atoms with Gasteiger partial charge in [-0.15, -0.1) is 0 Å². The molecule has 0 radical (unpaired) electrons. The van der Waals surface area contributed by atoms with Crippen molar-refractivity contribution in [2.45, 2.75) is 6.92 Å². The van der Waals surface area contributed by atoms with Crippen molar-refractivity contribution in [1.82, 2.24) is 9.36 Å². The zero-order valence-corrected chi connectivity index (χ0v) is 17.5. The number of para-hydroxylation sites is 1. The van der Waals surface area contributed by atoms with Gasteiger partial charge in [0.2, 0.25) is 0 Å². The van der Waals surface area contributed by atoms with E-state index in [0.717, 1.165) is 4.90 Å². The molecule has 3 aromatic rings. The van der Waals surface area contributed by atoms with E-state index in [-0.39, 0.29) is 22.0 Å². The monoisotopic (exact) mass is 442 g/mol. The van der Waals surface area contributed by atoms with E-state index in [4.69, 9.17) is 23.2 Å². The molecule has 0 bridgehead atoms. The van der Waals surface area contributed by atoms with Crippen LogP contribution in [0.2, 0.25) is 5.02 Å². The lowest BCUT2D eigenvalue weighted by molar-refractivity contribution is -0.120. The Morgan fingerprint density at radius 1 is 0.833 bits per heavy atom. The third kappa shape index (κ3) is 3.12. The molecular formula is C21H16Cl2N4O3. The summed E-state index contributed by atoms with van der Waals surface area (Å²) in [5.41, 5.74) is 1.21. The molecule has 2 amide bonds. The second-order valence-electron chi connectivity index (χ2n) is 6.67. The zero-order chi connectivity index (χ0) is 21.6. The van der Waals surface area contributed by atoms with Crippen LogP contribution in [0.4, 0.5) is 11.4 Å². The van der Waals surface area contributed by atoms with Gasteiger partial charge in [-0.3, -0.25) is 19.1 Å². The smallest absolute Gasteiger partial charge is 0.295 e. The van der Waals surface area contributed by atoms with Crippen LogP contribution in [0.25, 0.3) is 5.69 Å². The molecule has 0 saturated heterocycles. The number of imide groups is 1. The minimum absolute atomic E-state index is 0.150. The molecule has 0 atom stereocenters. The van der Waals surface area contributed by atoms with Crippen molar-refractivity contribution < 1.29 is 9.59 Å². The van der Waals surface area contributed by atoms with E-state index in [9.17, 15) is 14.4 Å². The quantitative estimate of drug-likeness (QED) is 0.626. The molecule has 2 aromatic carbocycles. The predicted molar refractivity (Wildman–Crippen MR) is 116 cm³/mol. The van der Waals surface area contributed by atoms with E-state index in [1.807, 2.05) is 18.2 Å². The molecule has 152 valence electrons. The van der Waals surface area contributed by atoms with Crippen molar-refractivity contribution in [1.29, 1.82) is 0 Å². The average Bonchev–Trinajstić information content (AvgIpc) is 3.08. The first-order valence-electron chi connectivity index (χ1n) is 8.96. The van der Waals surface area contributed by atoms with Crippen LogP contribution in [0.3, 0.4) is 0 Å². The summed E-state index contributed by atoms with van der Waals surface area (Å²) in [7, 11) is 1.73. The summed E-state index contributed by atoms with van der Waals surface area (Å²) in [5.74, 6) is -1.33. The lowest BCUT2D eigenvalue weighted by atomic mass is 10.3. The van der Waals surface area contributed by atoms with E-state index in [2.05, 4.69) is 5.32 Å². The van der Waals surface area contributed by atoms with Crippen molar-refractivity contribution >= 4 is 46.4 Å². The fourth-order valence-electron chi connectivity index (χ4n) is 3.27. The molecule has 9 heteroatoms. The topological polar surface area (TPSA) is 76.3 Å². The second kappa shape index (κ2) is 7.51. The summed E-state index contributed by atoms with van der Waals surface area (Å²) in [6.45, 7) is 1.73. The number of hydrogen-bond donors (Lipinski definition) is 1.